The number of benzene rings is 5. The molecule has 1 heterocycles. The number of carbonyl (C=O) groups excluding carboxylic acids is 2. The van der Waals surface area contributed by atoms with Crippen molar-refractivity contribution in [1.82, 2.24) is 14.5 Å². The van der Waals surface area contributed by atoms with Crippen LogP contribution in [0.4, 0.5) is 17.1 Å². The van der Waals surface area contributed by atoms with Crippen molar-refractivity contribution >= 4 is 62.3 Å². The van der Waals surface area contributed by atoms with Crippen LogP contribution in [0, 0.1) is 10.1 Å². The van der Waals surface area contributed by atoms with Crippen molar-refractivity contribution in [1.29, 1.82) is 0 Å². The van der Waals surface area contributed by atoms with E-state index < -0.39 is 37.3 Å². The van der Waals surface area contributed by atoms with Gasteiger partial charge in [0.15, 0.2) is 0 Å². The molecule has 0 spiro atoms. The molecule has 0 saturated carbocycles. The van der Waals surface area contributed by atoms with Gasteiger partial charge in [-0.2, -0.15) is 0 Å². The molecule has 1 saturated heterocycles. The molecular formula is C43H46ClN7O6S2. The molecule has 308 valence electrons. The molecule has 1 atom stereocenters. The molecule has 2 amide bonds. The number of halogens is 1. The number of nitrogens with zero attached hydrogens (tertiary/aromatic N) is 4. The van der Waals surface area contributed by atoms with E-state index in [9.17, 15) is 28.1 Å². The lowest BCUT2D eigenvalue weighted by Crippen LogP contribution is -2.46. The second-order valence-corrected chi connectivity index (χ2v) is 17.7. The van der Waals surface area contributed by atoms with E-state index in [1.807, 2.05) is 90.4 Å². The molecule has 0 aromatic heterocycles. The van der Waals surface area contributed by atoms with Gasteiger partial charge in [-0.3, -0.25) is 24.6 Å². The maximum atomic E-state index is 13.6. The minimum absolute atomic E-state index is 0.0670. The normalized spacial score (nSPS) is 13.9. The van der Waals surface area contributed by atoms with E-state index in [2.05, 4.69) is 27.2 Å². The molecule has 6 rings (SSSR count). The first-order chi connectivity index (χ1) is 28.3. The summed E-state index contributed by atoms with van der Waals surface area (Å²) in [6.07, 6.45) is 0.550. The van der Waals surface area contributed by atoms with E-state index >= 15 is 0 Å². The first-order valence-electron chi connectivity index (χ1n) is 19.0. The van der Waals surface area contributed by atoms with Crippen LogP contribution >= 0.6 is 23.4 Å². The van der Waals surface area contributed by atoms with Crippen LogP contribution in [-0.4, -0.2) is 93.6 Å². The number of rotatable bonds is 17. The summed E-state index contributed by atoms with van der Waals surface area (Å²) >= 11 is 7.65. The number of hydrogen-bond donors (Lipinski definition) is 3. The standard InChI is InChI=1S/C43H46ClN7O6S2/c1-48(2)21-20-34(29-58-36-9-4-3-5-10-36)46-41-39(42(45)52)26-37(27-40(41)51(54)55)59(56,57)47-43(53)31-14-18-35(19-15-31)50-24-22-49(23-25-50)28-32-8-6-7-11-38(32)30-12-16-33(44)17-13-30/h3-19,26-27,34,46H,20-25,28-29H2,1-2H3,(H2,45,52)(H,47,53)/t34-/m1/s1. The van der Waals surface area contributed by atoms with Gasteiger partial charge in [0.1, 0.15) is 5.69 Å². The summed E-state index contributed by atoms with van der Waals surface area (Å²) < 4.78 is 29.1. The van der Waals surface area contributed by atoms with Crippen molar-refractivity contribution in [3.05, 3.63) is 147 Å². The fourth-order valence-electron chi connectivity index (χ4n) is 6.81. The smallest absolute Gasteiger partial charge is 0.294 e. The van der Waals surface area contributed by atoms with Gasteiger partial charge < -0.3 is 20.9 Å². The Morgan fingerprint density at radius 2 is 1.58 bits per heavy atom. The van der Waals surface area contributed by atoms with Crippen LogP contribution < -0.4 is 20.7 Å². The third-order valence-electron chi connectivity index (χ3n) is 9.99. The number of hydrogen-bond acceptors (Lipinski definition) is 11. The van der Waals surface area contributed by atoms with Gasteiger partial charge in [-0.1, -0.05) is 66.2 Å². The predicted octanol–water partition coefficient (Wildman–Crippen LogP) is 6.98. The Morgan fingerprint density at radius 1 is 0.915 bits per heavy atom. The van der Waals surface area contributed by atoms with Crippen LogP contribution in [0.5, 0.6) is 0 Å². The highest BCUT2D eigenvalue weighted by Crippen LogP contribution is 2.34. The SMILES string of the molecule is CN(C)CC[C@H](CSc1ccccc1)Nc1c(C(N)=O)cc(S(=O)(=O)NC(=O)c2ccc(N3CCN(Cc4ccccc4-c4ccc(Cl)cc4)CC3)cc2)cc1[N+](=O)[O-]. The van der Waals surface area contributed by atoms with E-state index in [-0.39, 0.29) is 22.9 Å². The zero-order valence-electron chi connectivity index (χ0n) is 32.7. The number of nitro groups is 1. The number of sulfonamides is 1. The van der Waals surface area contributed by atoms with Crippen molar-refractivity contribution in [3.63, 3.8) is 0 Å². The first-order valence-corrected chi connectivity index (χ1v) is 21.8. The monoisotopic (exact) mass is 855 g/mol. The average molecular weight is 856 g/mol. The lowest BCUT2D eigenvalue weighted by molar-refractivity contribution is -0.384. The Morgan fingerprint density at radius 3 is 2.22 bits per heavy atom. The zero-order valence-corrected chi connectivity index (χ0v) is 35.1. The molecule has 5 aromatic rings. The van der Waals surface area contributed by atoms with Gasteiger partial charge in [0.05, 0.1) is 15.4 Å². The average Bonchev–Trinajstić information content (AvgIpc) is 3.22. The number of nitrogens with two attached hydrogens (primary N) is 1. The van der Waals surface area contributed by atoms with Crippen LogP contribution in [-0.2, 0) is 16.6 Å². The molecule has 0 bridgehead atoms. The van der Waals surface area contributed by atoms with Gasteiger partial charge in [0.2, 0.25) is 0 Å². The molecule has 0 unspecified atom stereocenters. The van der Waals surface area contributed by atoms with Crippen molar-refractivity contribution in [2.24, 2.45) is 5.73 Å². The molecule has 13 nitrogen and oxygen atoms in total. The van der Waals surface area contributed by atoms with Crippen LogP contribution in [0.15, 0.2) is 125 Å². The lowest BCUT2D eigenvalue weighted by Gasteiger charge is -2.36. The van der Waals surface area contributed by atoms with E-state index in [4.69, 9.17) is 17.3 Å². The fourth-order valence-corrected chi connectivity index (χ4v) is 8.95. The van der Waals surface area contributed by atoms with Crippen LogP contribution in [0.25, 0.3) is 11.1 Å². The molecule has 1 aliphatic rings. The van der Waals surface area contributed by atoms with E-state index in [1.54, 1.807) is 12.1 Å². The van der Waals surface area contributed by atoms with Crippen molar-refractivity contribution in [2.45, 2.75) is 28.8 Å². The number of amides is 2. The van der Waals surface area contributed by atoms with E-state index in [0.717, 1.165) is 66.6 Å². The van der Waals surface area contributed by atoms with Gasteiger partial charge in [-0.05, 0) is 98.3 Å². The molecular weight excluding hydrogens is 810 g/mol. The first kappa shape index (κ1) is 43.1. The van der Waals surface area contributed by atoms with Crippen molar-refractivity contribution in [3.8, 4) is 11.1 Å². The van der Waals surface area contributed by atoms with Gasteiger partial charge >= 0.3 is 0 Å². The van der Waals surface area contributed by atoms with E-state index in [1.165, 1.54) is 29.5 Å². The Hall–Kier alpha value is -5.45. The molecule has 1 aliphatic heterocycles. The molecule has 4 N–H and O–H groups in total. The maximum absolute atomic E-state index is 13.6. The molecule has 59 heavy (non-hydrogen) atoms. The highest BCUT2D eigenvalue weighted by atomic mass is 35.5. The van der Waals surface area contributed by atoms with Gasteiger partial charge in [-0.25, -0.2) is 13.1 Å². The minimum Gasteiger partial charge on any atom is -0.375 e. The maximum Gasteiger partial charge on any atom is 0.294 e. The number of primary amides is 1. The number of anilines is 2. The number of thioether (sulfide) groups is 1. The molecule has 0 radical (unpaired) electrons. The second-order valence-electron chi connectivity index (χ2n) is 14.5. The number of piperazine rings is 1. The fraction of sp³-hybridized carbons (Fsp3) is 0.256. The third-order valence-corrected chi connectivity index (χ3v) is 12.7. The Balaban J connectivity index is 1.12. The number of nitro benzene ring substituents is 1. The molecule has 16 heteroatoms. The molecule has 0 aliphatic carbocycles. The Labute approximate surface area is 353 Å². The van der Waals surface area contributed by atoms with Crippen LogP contribution in [0.2, 0.25) is 5.02 Å². The predicted molar refractivity (Wildman–Crippen MR) is 235 cm³/mol. The summed E-state index contributed by atoms with van der Waals surface area (Å²) in [5.74, 6) is -1.52. The summed E-state index contributed by atoms with van der Waals surface area (Å²) in [6, 6.07) is 33.8. The van der Waals surface area contributed by atoms with Crippen molar-refractivity contribution < 1.29 is 22.9 Å². The summed E-state index contributed by atoms with van der Waals surface area (Å²) in [5.41, 5.74) is 8.89. The zero-order chi connectivity index (χ0) is 42.1. The largest absolute Gasteiger partial charge is 0.375 e. The highest BCUT2D eigenvalue weighted by molar-refractivity contribution is 7.99. The van der Waals surface area contributed by atoms with Crippen molar-refractivity contribution in [2.75, 3.05) is 62.8 Å². The molecule has 5 aromatic carbocycles. The summed E-state index contributed by atoms with van der Waals surface area (Å²) in [4.78, 5) is 44.5. The summed E-state index contributed by atoms with van der Waals surface area (Å²) in [6.45, 7) is 4.53. The summed E-state index contributed by atoms with van der Waals surface area (Å²) in [5, 5.41) is 16.2. The topological polar surface area (TPSA) is 171 Å². The Kier molecular flexibility index (Phi) is 14.3. The number of nitrogens with one attached hydrogen (secondary N) is 2. The van der Waals surface area contributed by atoms with Gasteiger partial charge in [0.25, 0.3) is 27.5 Å². The number of carbonyl (C=O) groups is 2. The van der Waals surface area contributed by atoms with Crippen LogP contribution in [0.3, 0.4) is 0 Å². The van der Waals surface area contributed by atoms with Crippen LogP contribution in [0.1, 0.15) is 32.7 Å². The molecule has 1 fully saturated rings. The third kappa shape index (κ3) is 11.4. The lowest BCUT2D eigenvalue weighted by atomic mass is 9.99. The van der Waals surface area contributed by atoms with E-state index in [0.29, 0.717) is 23.7 Å². The highest BCUT2D eigenvalue weighted by Gasteiger charge is 2.30. The quantitative estimate of drug-likeness (QED) is 0.0501. The summed E-state index contributed by atoms with van der Waals surface area (Å²) in [7, 11) is -0.894. The second kappa shape index (κ2) is 19.5. The minimum atomic E-state index is -4.69. The van der Waals surface area contributed by atoms with Gasteiger partial charge in [-0.15, -0.1) is 11.8 Å². The van der Waals surface area contributed by atoms with Gasteiger partial charge in [0, 0.05) is 71.8 Å². The Bertz CT molecular complexity index is 2340.